The molecular weight excluding hydrogens is 218 g/mol. The fourth-order valence-electron chi connectivity index (χ4n) is 3.26. The minimum Gasteiger partial charge on any atom is -0.317 e. The van der Waals surface area contributed by atoms with Gasteiger partial charge in [0.25, 0.3) is 0 Å². The van der Waals surface area contributed by atoms with Crippen molar-refractivity contribution in [3.8, 4) is 0 Å². The summed E-state index contributed by atoms with van der Waals surface area (Å²) >= 11 is 1.79. The molecule has 1 aromatic heterocycles. The SMILES string of the molecule is CNC1CC2CCC(C1)N2Cc1nccs1. The number of nitrogens with zero attached hydrogens (tertiary/aromatic N) is 2. The van der Waals surface area contributed by atoms with Crippen LogP contribution in [0.4, 0.5) is 0 Å². The highest BCUT2D eigenvalue weighted by Crippen LogP contribution is 2.36. The molecule has 2 saturated heterocycles. The second-order valence-corrected chi connectivity index (χ2v) is 5.92. The Labute approximate surface area is 101 Å². The van der Waals surface area contributed by atoms with E-state index in [1.54, 1.807) is 11.3 Å². The van der Waals surface area contributed by atoms with Crippen molar-refractivity contribution in [1.29, 1.82) is 0 Å². The Morgan fingerprint density at radius 3 is 2.75 bits per heavy atom. The number of rotatable bonds is 3. The van der Waals surface area contributed by atoms with E-state index in [1.165, 1.54) is 30.7 Å². The first-order valence-corrected chi connectivity index (χ1v) is 7.06. The van der Waals surface area contributed by atoms with Crippen molar-refractivity contribution in [3.63, 3.8) is 0 Å². The summed E-state index contributed by atoms with van der Waals surface area (Å²) in [5.41, 5.74) is 0. The number of thiazole rings is 1. The van der Waals surface area contributed by atoms with E-state index in [0.29, 0.717) is 0 Å². The van der Waals surface area contributed by atoms with Gasteiger partial charge in [0, 0.05) is 29.7 Å². The van der Waals surface area contributed by atoms with Gasteiger partial charge in [-0.3, -0.25) is 4.90 Å². The lowest BCUT2D eigenvalue weighted by molar-refractivity contribution is 0.111. The van der Waals surface area contributed by atoms with Crippen LogP contribution in [0.2, 0.25) is 0 Å². The summed E-state index contributed by atoms with van der Waals surface area (Å²) in [4.78, 5) is 7.09. The van der Waals surface area contributed by atoms with Gasteiger partial charge in [0.05, 0.1) is 6.54 Å². The van der Waals surface area contributed by atoms with Crippen LogP contribution in [0.5, 0.6) is 0 Å². The van der Waals surface area contributed by atoms with E-state index in [9.17, 15) is 0 Å². The van der Waals surface area contributed by atoms with E-state index in [2.05, 4.69) is 27.6 Å². The molecule has 4 heteroatoms. The van der Waals surface area contributed by atoms with E-state index in [-0.39, 0.29) is 0 Å². The van der Waals surface area contributed by atoms with Crippen molar-refractivity contribution < 1.29 is 0 Å². The topological polar surface area (TPSA) is 28.2 Å². The maximum atomic E-state index is 4.41. The predicted molar refractivity (Wildman–Crippen MR) is 66.5 cm³/mol. The lowest BCUT2D eigenvalue weighted by atomic mass is 9.97. The number of piperidine rings is 1. The highest BCUT2D eigenvalue weighted by Gasteiger charge is 2.40. The smallest absolute Gasteiger partial charge is 0.107 e. The summed E-state index contributed by atoms with van der Waals surface area (Å²) in [6.45, 7) is 1.07. The second-order valence-electron chi connectivity index (χ2n) is 4.94. The Morgan fingerprint density at radius 1 is 1.44 bits per heavy atom. The van der Waals surface area contributed by atoms with E-state index in [1.807, 2.05) is 6.20 Å². The molecule has 0 spiro atoms. The van der Waals surface area contributed by atoms with Crippen molar-refractivity contribution in [3.05, 3.63) is 16.6 Å². The van der Waals surface area contributed by atoms with Crippen LogP contribution in [0, 0.1) is 0 Å². The minimum atomic E-state index is 0.741. The van der Waals surface area contributed by atoms with Crippen molar-refractivity contribution in [2.45, 2.75) is 50.4 Å². The van der Waals surface area contributed by atoms with Crippen LogP contribution in [0.1, 0.15) is 30.7 Å². The van der Waals surface area contributed by atoms with Gasteiger partial charge < -0.3 is 5.32 Å². The van der Waals surface area contributed by atoms with Crippen molar-refractivity contribution in [2.75, 3.05) is 7.05 Å². The Bertz CT molecular complexity index is 324. The maximum absolute atomic E-state index is 4.41. The van der Waals surface area contributed by atoms with Gasteiger partial charge in [-0.2, -0.15) is 0 Å². The lowest BCUT2D eigenvalue weighted by Gasteiger charge is -2.38. The Balaban J connectivity index is 1.69. The van der Waals surface area contributed by atoms with Gasteiger partial charge in [-0.1, -0.05) is 0 Å². The third-order valence-corrected chi connectivity index (χ3v) is 4.86. The molecule has 2 atom stereocenters. The maximum Gasteiger partial charge on any atom is 0.107 e. The van der Waals surface area contributed by atoms with Crippen LogP contribution >= 0.6 is 11.3 Å². The van der Waals surface area contributed by atoms with Gasteiger partial charge in [-0.25, -0.2) is 4.98 Å². The normalized spacial score (nSPS) is 34.4. The Morgan fingerprint density at radius 2 is 2.19 bits per heavy atom. The molecule has 0 aromatic carbocycles. The standard InChI is InChI=1S/C12H19N3S/c1-13-9-6-10-2-3-11(7-9)15(10)8-12-14-4-5-16-12/h4-5,9-11,13H,2-3,6-8H2,1H3. The zero-order chi connectivity index (χ0) is 11.0. The van der Waals surface area contributed by atoms with Gasteiger partial charge in [-0.15, -0.1) is 11.3 Å². The molecule has 0 amide bonds. The number of fused-ring (bicyclic) bond motifs is 2. The average molecular weight is 237 g/mol. The van der Waals surface area contributed by atoms with Crippen LogP contribution in [0.25, 0.3) is 0 Å². The highest BCUT2D eigenvalue weighted by atomic mass is 32.1. The zero-order valence-corrected chi connectivity index (χ0v) is 10.5. The summed E-state index contributed by atoms with van der Waals surface area (Å²) in [5.74, 6) is 0. The first-order valence-electron chi connectivity index (χ1n) is 6.18. The summed E-state index contributed by atoms with van der Waals surface area (Å²) in [7, 11) is 2.10. The molecule has 2 unspecified atom stereocenters. The van der Waals surface area contributed by atoms with Gasteiger partial charge in [0.1, 0.15) is 5.01 Å². The number of hydrogen-bond donors (Lipinski definition) is 1. The molecule has 2 fully saturated rings. The van der Waals surface area contributed by atoms with Crippen molar-refractivity contribution >= 4 is 11.3 Å². The molecule has 0 radical (unpaired) electrons. The molecule has 0 aliphatic carbocycles. The lowest BCUT2D eigenvalue weighted by Crippen LogP contribution is -2.47. The Hall–Kier alpha value is -0.450. The third-order valence-electron chi connectivity index (χ3n) is 4.09. The van der Waals surface area contributed by atoms with Gasteiger partial charge in [0.2, 0.25) is 0 Å². The van der Waals surface area contributed by atoms with E-state index in [0.717, 1.165) is 24.7 Å². The van der Waals surface area contributed by atoms with E-state index < -0.39 is 0 Å². The molecule has 2 bridgehead atoms. The molecule has 16 heavy (non-hydrogen) atoms. The number of nitrogens with one attached hydrogen (secondary N) is 1. The average Bonchev–Trinajstić information content (AvgIpc) is 2.87. The molecule has 2 aliphatic heterocycles. The third kappa shape index (κ3) is 1.90. The van der Waals surface area contributed by atoms with Crippen LogP contribution in [0.15, 0.2) is 11.6 Å². The monoisotopic (exact) mass is 237 g/mol. The summed E-state index contributed by atoms with van der Waals surface area (Å²) in [5, 5.41) is 6.80. The predicted octanol–water partition coefficient (Wildman–Crippen LogP) is 1.86. The summed E-state index contributed by atoms with van der Waals surface area (Å²) < 4.78 is 0. The molecule has 1 aromatic rings. The zero-order valence-electron chi connectivity index (χ0n) is 9.72. The largest absolute Gasteiger partial charge is 0.317 e. The minimum absolute atomic E-state index is 0.741. The van der Waals surface area contributed by atoms with Gasteiger partial charge in [-0.05, 0) is 32.7 Å². The molecule has 0 saturated carbocycles. The van der Waals surface area contributed by atoms with Gasteiger partial charge >= 0.3 is 0 Å². The molecule has 3 rings (SSSR count). The quantitative estimate of drug-likeness (QED) is 0.869. The van der Waals surface area contributed by atoms with E-state index >= 15 is 0 Å². The fourth-order valence-corrected chi connectivity index (χ4v) is 3.88. The summed E-state index contributed by atoms with van der Waals surface area (Å²) in [6, 6.07) is 2.32. The molecule has 88 valence electrons. The fraction of sp³-hybridized carbons (Fsp3) is 0.750. The number of hydrogen-bond acceptors (Lipinski definition) is 4. The molecular formula is C12H19N3S. The summed E-state index contributed by atoms with van der Waals surface area (Å²) in [6.07, 6.45) is 7.32. The highest BCUT2D eigenvalue weighted by molar-refractivity contribution is 7.09. The van der Waals surface area contributed by atoms with E-state index in [4.69, 9.17) is 0 Å². The van der Waals surface area contributed by atoms with Crippen molar-refractivity contribution in [1.82, 2.24) is 15.2 Å². The van der Waals surface area contributed by atoms with Crippen LogP contribution < -0.4 is 5.32 Å². The first-order chi connectivity index (χ1) is 7.86. The van der Waals surface area contributed by atoms with Crippen LogP contribution in [-0.2, 0) is 6.54 Å². The number of aromatic nitrogens is 1. The van der Waals surface area contributed by atoms with Crippen molar-refractivity contribution in [2.24, 2.45) is 0 Å². The van der Waals surface area contributed by atoms with Crippen LogP contribution in [0.3, 0.4) is 0 Å². The van der Waals surface area contributed by atoms with Crippen LogP contribution in [-0.4, -0.2) is 35.1 Å². The first kappa shape index (κ1) is 10.7. The molecule has 2 aliphatic rings. The molecule has 1 N–H and O–H groups in total. The van der Waals surface area contributed by atoms with Gasteiger partial charge in [0.15, 0.2) is 0 Å². The Kier molecular flexibility index (Phi) is 2.96. The molecule has 3 nitrogen and oxygen atoms in total. The molecule has 3 heterocycles. The second kappa shape index (κ2) is 4.43.